The molecule has 2 aromatic heterocycles. The lowest BCUT2D eigenvalue weighted by atomic mass is 10.2. The third kappa shape index (κ3) is 3.38. The summed E-state index contributed by atoms with van der Waals surface area (Å²) in [6.07, 6.45) is 1.71. The number of thiazole rings is 1. The maximum atomic E-state index is 5.59. The fraction of sp³-hybridized carbons (Fsp3) is 0.125. The first kappa shape index (κ1) is 13.6. The molecule has 0 aliphatic carbocycles. The van der Waals surface area contributed by atoms with E-state index in [0.717, 1.165) is 22.0 Å². The van der Waals surface area contributed by atoms with E-state index >= 15 is 0 Å². The first-order valence-corrected chi connectivity index (χ1v) is 7.36. The smallest absolute Gasteiger partial charge is 0.213 e. The van der Waals surface area contributed by atoms with Gasteiger partial charge in [-0.15, -0.1) is 11.3 Å². The van der Waals surface area contributed by atoms with Gasteiger partial charge >= 0.3 is 0 Å². The predicted molar refractivity (Wildman–Crippen MR) is 82.7 cm³/mol. The van der Waals surface area contributed by atoms with E-state index in [1.165, 1.54) is 0 Å². The molecule has 0 N–H and O–H groups in total. The van der Waals surface area contributed by atoms with E-state index < -0.39 is 0 Å². The maximum absolute atomic E-state index is 5.59. The molecule has 3 aromatic rings. The van der Waals surface area contributed by atoms with Crippen molar-refractivity contribution in [1.82, 2.24) is 9.97 Å². The van der Waals surface area contributed by atoms with Crippen LogP contribution in [0.4, 0.5) is 0 Å². The number of methoxy groups -OCH3 is 1. The minimum absolute atomic E-state index is 0.420. The normalized spacial score (nSPS) is 10.3. The number of hydrogen-bond donors (Lipinski definition) is 0. The molecule has 2 heterocycles. The van der Waals surface area contributed by atoms with E-state index in [4.69, 9.17) is 9.47 Å². The summed E-state index contributed by atoms with van der Waals surface area (Å²) in [5.74, 6) is 1.45. The van der Waals surface area contributed by atoms with Crippen LogP contribution >= 0.6 is 11.3 Å². The Morgan fingerprint density at radius 2 is 1.95 bits per heavy atom. The lowest BCUT2D eigenvalue weighted by molar-refractivity contribution is 0.290. The number of aromatic nitrogens is 2. The van der Waals surface area contributed by atoms with Gasteiger partial charge in [0.05, 0.1) is 12.8 Å². The van der Waals surface area contributed by atoms with Gasteiger partial charge in [-0.25, -0.2) is 9.97 Å². The van der Waals surface area contributed by atoms with E-state index in [9.17, 15) is 0 Å². The van der Waals surface area contributed by atoms with Crippen LogP contribution in [0.25, 0.3) is 10.6 Å². The van der Waals surface area contributed by atoms with Crippen molar-refractivity contribution in [3.05, 3.63) is 59.7 Å². The quantitative estimate of drug-likeness (QED) is 0.719. The zero-order chi connectivity index (χ0) is 14.5. The van der Waals surface area contributed by atoms with Crippen LogP contribution < -0.4 is 9.47 Å². The molecular weight excluding hydrogens is 284 g/mol. The summed E-state index contributed by atoms with van der Waals surface area (Å²) in [5, 5.41) is 2.97. The zero-order valence-electron chi connectivity index (χ0n) is 11.5. The van der Waals surface area contributed by atoms with Crippen molar-refractivity contribution in [2.45, 2.75) is 6.61 Å². The van der Waals surface area contributed by atoms with Crippen molar-refractivity contribution in [2.75, 3.05) is 7.11 Å². The molecule has 0 fully saturated rings. The Bertz CT molecular complexity index is 696. The number of pyridine rings is 1. The molecule has 0 spiro atoms. The highest BCUT2D eigenvalue weighted by Gasteiger charge is 2.06. The van der Waals surface area contributed by atoms with Crippen LogP contribution in [0.5, 0.6) is 11.6 Å². The SMILES string of the molecule is COc1ccc(-c2nc(COc3ccccn3)cs2)cc1. The number of ether oxygens (including phenoxy) is 2. The first-order chi connectivity index (χ1) is 10.3. The fourth-order valence-electron chi connectivity index (χ4n) is 1.82. The van der Waals surface area contributed by atoms with Crippen molar-refractivity contribution in [1.29, 1.82) is 0 Å². The topological polar surface area (TPSA) is 44.2 Å². The molecule has 0 aliphatic heterocycles. The number of benzene rings is 1. The Hall–Kier alpha value is -2.40. The molecular formula is C16H14N2O2S. The molecule has 106 valence electrons. The average molecular weight is 298 g/mol. The third-order valence-electron chi connectivity index (χ3n) is 2.89. The van der Waals surface area contributed by atoms with E-state index in [-0.39, 0.29) is 0 Å². The summed E-state index contributed by atoms with van der Waals surface area (Å²) < 4.78 is 10.7. The van der Waals surface area contributed by atoms with E-state index in [1.807, 2.05) is 47.8 Å². The lowest BCUT2D eigenvalue weighted by Gasteiger charge is -2.02. The summed E-state index contributed by atoms with van der Waals surface area (Å²) in [6, 6.07) is 13.4. The highest BCUT2D eigenvalue weighted by Crippen LogP contribution is 2.26. The maximum Gasteiger partial charge on any atom is 0.213 e. The van der Waals surface area contributed by atoms with Gasteiger partial charge in [0.2, 0.25) is 5.88 Å². The minimum atomic E-state index is 0.420. The van der Waals surface area contributed by atoms with Crippen molar-refractivity contribution < 1.29 is 9.47 Å². The second kappa shape index (κ2) is 6.37. The molecule has 0 aliphatic rings. The fourth-order valence-corrected chi connectivity index (χ4v) is 2.63. The van der Waals surface area contributed by atoms with E-state index in [2.05, 4.69) is 9.97 Å². The van der Waals surface area contributed by atoms with Crippen LogP contribution in [0.3, 0.4) is 0 Å². The molecule has 0 saturated heterocycles. The minimum Gasteiger partial charge on any atom is -0.497 e. The Balaban J connectivity index is 1.68. The molecule has 0 radical (unpaired) electrons. The van der Waals surface area contributed by atoms with Crippen LogP contribution in [0.15, 0.2) is 54.0 Å². The lowest BCUT2D eigenvalue weighted by Crippen LogP contribution is -1.97. The zero-order valence-corrected chi connectivity index (χ0v) is 12.3. The standard InChI is InChI=1S/C16H14N2O2S/c1-19-14-7-5-12(6-8-14)16-18-13(11-21-16)10-20-15-4-2-3-9-17-15/h2-9,11H,10H2,1H3. The van der Waals surface area contributed by atoms with Gasteiger partial charge in [0, 0.05) is 23.2 Å². The van der Waals surface area contributed by atoms with Gasteiger partial charge in [0.15, 0.2) is 0 Å². The van der Waals surface area contributed by atoms with Crippen molar-refractivity contribution in [3.8, 4) is 22.2 Å². The Kier molecular flexibility index (Phi) is 4.12. The van der Waals surface area contributed by atoms with Gasteiger partial charge in [-0.1, -0.05) is 6.07 Å². The monoisotopic (exact) mass is 298 g/mol. The van der Waals surface area contributed by atoms with E-state index in [0.29, 0.717) is 12.5 Å². The molecule has 0 unspecified atom stereocenters. The van der Waals surface area contributed by atoms with Crippen molar-refractivity contribution in [2.24, 2.45) is 0 Å². The highest BCUT2D eigenvalue weighted by atomic mass is 32.1. The van der Waals surface area contributed by atoms with Crippen LogP contribution in [0.1, 0.15) is 5.69 Å². The summed E-state index contributed by atoms with van der Waals surface area (Å²) in [7, 11) is 1.66. The summed E-state index contributed by atoms with van der Waals surface area (Å²) in [5.41, 5.74) is 1.97. The molecule has 0 amide bonds. The van der Waals surface area contributed by atoms with Gasteiger partial charge in [0.1, 0.15) is 17.4 Å². The average Bonchev–Trinajstić information content (AvgIpc) is 3.03. The number of rotatable bonds is 5. The summed E-state index contributed by atoms with van der Waals surface area (Å²) >= 11 is 1.60. The molecule has 21 heavy (non-hydrogen) atoms. The number of hydrogen-bond acceptors (Lipinski definition) is 5. The molecule has 0 saturated carbocycles. The Morgan fingerprint density at radius 1 is 1.10 bits per heavy atom. The van der Waals surface area contributed by atoms with Gasteiger partial charge in [-0.3, -0.25) is 0 Å². The van der Waals surface area contributed by atoms with Gasteiger partial charge in [-0.05, 0) is 30.3 Å². The molecule has 3 rings (SSSR count). The van der Waals surface area contributed by atoms with E-state index in [1.54, 1.807) is 24.6 Å². The number of nitrogens with zero attached hydrogens (tertiary/aromatic N) is 2. The first-order valence-electron chi connectivity index (χ1n) is 6.48. The molecule has 4 nitrogen and oxygen atoms in total. The van der Waals surface area contributed by atoms with Crippen molar-refractivity contribution >= 4 is 11.3 Å². The highest BCUT2D eigenvalue weighted by molar-refractivity contribution is 7.13. The van der Waals surface area contributed by atoms with Crippen LogP contribution in [-0.2, 0) is 6.61 Å². The summed E-state index contributed by atoms with van der Waals surface area (Å²) in [6.45, 7) is 0.420. The van der Waals surface area contributed by atoms with Gasteiger partial charge in [-0.2, -0.15) is 0 Å². The van der Waals surface area contributed by atoms with Gasteiger partial charge < -0.3 is 9.47 Å². The molecule has 0 bridgehead atoms. The largest absolute Gasteiger partial charge is 0.497 e. The molecule has 5 heteroatoms. The third-order valence-corrected chi connectivity index (χ3v) is 3.83. The van der Waals surface area contributed by atoms with Crippen LogP contribution in [0, 0.1) is 0 Å². The predicted octanol–water partition coefficient (Wildman–Crippen LogP) is 3.79. The Morgan fingerprint density at radius 3 is 2.67 bits per heavy atom. The van der Waals surface area contributed by atoms with Crippen LogP contribution in [0.2, 0.25) is 0 Å². The van der Waals surface area contributed by atoms with Gasteiger partial charge in [0.25, 0.3) is 0 Å². The summed E-state index contributed by atoms with van der Waals surface area (Å²) in [4.78, 5) is 8.69. The molecule has 0 atom stereocenters. The Labute approximate surface area is 127 Å². The second-order valence-electron chi connectivity index (χ2n) is 4.33. The second-order valence-corrected chi connectivity index (χ2v) is 5.19. The molecule has 1 aromatic carbocycles. The van der Waals surface area contributed by atoms with Crippen molar-refractivity contribution in [3.63, 3.8) is 0 Å². The van der Waals surface area contributed by atoms with Crippen LogP contribution in [-0.4, -0.2) is 17.1 Å².